The second kappa shape index (κ2) is 8.17. The Balaban J connectivity index is 1.46. The molecule has 1 aliphatic rings. The minimum absolute atomic E-state index is 0.0179. The zero-order valence-electron chi connectivity index (χ0n) is 15.8. The quantitative estimate of drug-likeness (QED) is 0.686. The van der Waals surface area contributed by atoms with Gasteiger partial charge in [0.2, 0.25) is 12.7 Å². The molecular weight excluding hydrogens is 354 g/mol. The molecule has 4 rings (SSSR count). The molecule has 0 aliphatic carbocycles. The van der Waals surface area contributed by atoms with Gasteiger partial charge in [-0.2, -0.15) is 0 Å². The number of carbonyl (C=O) groups excluding carboxylic acids is 1. The highest BCUT2D eigenvalue weighted by Gasteiger charge is 2.21. The van der Waals surface area contributed by atoms with Crippen LogP contribution in [0.5, 0.6) is 11.5 Å². The molecule has 1 atom stereocenters. The van der Waals surface area contributed by atoms with E-state index in [0.29, 0.717) is 19.5 Å². The summed E-state index contributed by atoms with van der Waals surface area (Å²) in [7, 11) is 0. The summed E-state index contributed by atoms with van der Waals surface area (Å²) in [6.07, 6.45) is 4.05. The molecule has 0 radical (unpaired) electrons. The van der Waals surface area contributed by atoms with E-state index >= 15 is 0 Å². The maximum absolute atomic E-state index is 12.7. The van der Waals surface area contributed by atoms with Gasteiger partial charge in [0.05, 0.1) is 0 Å². The van der Waals surface area contributed by atoms with Crippen molar-refractivity contribution in [1.82, 2.24) is 14.9 Å². The molecule has 0 saturated heterocycles. The number of carbonyl (C=O) groups is 1. The van der Waals surface area contributed by atoms with Crippen LogP contribution in [0.1, 0.15) is 29.3 Å². The minimum Gasteiger partial charge on any atom is -0.454 e. The number of hydrogen-bond acceptors (Lipinski definition) is 4. The Bertz CT molecular complexity index is 953. The van der Waals surface area contributed by atoms with Crippen LogP contribution in [0.3, 0.4) is 0 Å². The predicted octanol–water partition coefficient (Wildman–Crippen LogP) is 3.26. The molecule has 0 bridgehead atoms. The Morgan fingerprint density at radius 1 is 1.14 bits per heavy atom. The number of hydrogen-bond donors (Lipinski definition) is 1. The second-order valence-electron chi connectivity index (χ2n) is 6.80. The van der Waals surface area contributed by atoms with Gasteiger partial charge in [-0.15, -0.1) is 0 Å². The van der Waals surface area contributed by atoms with Crippen LogP contribution in [0.25, 0.3) is 0 Å². The largest absolute Gasteiger partial charge is 0.454 e. The first kappa shape index (κ1) is 18.1. The average Bonchev–Trinajstić information content (AvgIpc) is 3.35. The molecule has 0 saturated carbocycles. The second-order valence-corrected chi connectivity index (χ2v) is 6.80. The van der Waals surface area contributed by atoms with E-state index in [4.69, 9.17) is 9.47 Å². The standard InChI is InChI=1S/C22H23N3O3/c1-16-23-9-11-25(16)12-10-24-22(26)14-19(17-5-3-2-4-6-17)18-7-8-20-21(13-18)28-15-27-20/h2-9,11,13,19H,10,12,14-15H2,1H3,(H,24,26). The number of aromatic nitrogens is 2. The van der Waals surface area contributed by atoms with Gasteiger partial charge in [0.25, 0.3) is 0 Å². The monoisotopic (exact) mass is 377 g/mol. The van der Waals surface area contributed by atoms with E-state index in [9.17, 15) is 4.79 Å². The van der Waals surface area contributed by atoms with E-state index in [1.54, 1.807) is 6.20 Å². The predicted molar refractivity (Wildman–Crippen MR) is 105 cm³/mol. The minimum atomic E-state index is -0.0503. The number of imidazole rings is 1. The molecule has 3 aromatic rings. The zero-order valence-corrected chi connectivity index (χ0v) is 15.8. The van der Waals surface area contributed by atoms with Gasteiger partial charge < -0.3 is 19.4 Å². The Hall–Kier alpha value is -3.28. The van der Waals surface area contributed by atoms with Crippen LogP contribution in [-0.2, 0) is 11.3 Å². The van der Waals surface area contributed by atoms with Crippen molar-refractivity contribution in [3.8, 4) is 11.5 Å². The van der Waals surface area contributed by atoms with E-state index in [0.717, 1.165) is 28.5 Å². The topological polar surface area (TPSA) is 65.4 Å². The summed E-state index contributed by atoms with van der Waals surface area (Å²) >= 11 is 0. The first-order chi connectivity index (χ1) is 13.7. The number of nitrogens with one attached hydrogen (secondary N) is 1. The summed E-state index contributed by atoms with van der Waals surface area (Å²) in [4.78, 5) is 16.9. The lowest BCUT2D eigenvalue weighted by atomic mass is 9.88. The molecule has 1 N–H and O–H groups in total. The highest BCUT2D eigenvalue weighted by molar-refractivity contribution is 5.77. The summed E-state index contributed by atoms with van der Waals surface area (Å²) in [5.41, 5.74) is 2.14. The van der Waals surface area contributed by atoms with E-state index in [2.05, 4.69) is 22.4 Å². The molecule has 2 heterocycles. The number of fused-ring (bicyclic) bond motifs is 1. The smallest absolute Gasteiger partial charge is 0.231 e. The number of ether oxygens (including phenoxy) is 2. The lowest BCUT2D eigenvalue weighted by Crippen LogP contribution is -2.28. The van der Waals surface area contributed by atoms with E-state index < -0.39 is 0 Å². The molecule has 1 aliphatic heterocycles. The van der Waals surface area contributed by atoms with Gasteiger partial charge in [0.15, 0.2) is 11.5 Å². The molecule has 2 aromatic carbocycles. The highest BCUT2D eigenvalue weighted by Crippen LogP contribution is 2.37. The average molecular weight is 377 g/mol. The van der Waals surface area contributed by atoms with E-state index in [1.165, 1.54) is 0 Å². The van der Waals surface area contributed by atoms with Crippen molar-refractivity contribution in [2.45, 2.75) is 25.8 Å². The molecule has 6 heteroatoms. The summed E-state index contributed by atoms with van der Waals surface area (Å²) in [5, 5.41) is 3.03. The highest BCUT2D eigenvalue weighted by atomic mass is 16.7. The van der Waals surface area contributed by atoms with Gasteiger partial charge in [-0.1, -0.05) is 36.4 Å². The molecule has 6 nitrogen and oxygen atoms in total. The number of aryl methyl sites for hydroxylation is 1. The van der Waals surface area contributed by atoms with Crippen LogP contribution < -0.4 is 14.8 Å². The van der Waals surface area contributed by atoms with Gasteiger partial charge >= 0.3 is 0 Å². The van der Waals surface area contributed by atoms with Crippen LogP contribution in [0, 0.1) is 6.92 Å². The molecule has 0 fully saturated rings. The van der Waals surface area contributed by atoms with Crippen molar-refractivity contribution in [3.05, 3.63) is 77.9 Å². The zero-order chi connectivity index (χ0) is 19.3. The first-order valence-electron chi connectivity index (χ1n) is 9.39. The Morgan fingerprint density at radius 3 is 2.75 bits per heavy atom. The van der Waals surface area contributed by atoms with Gasteiger partial charge in [0, 0.05) is 37.8 Å². The Morgan fingerprint density at radius 2 is 1.96 bits per heavy atom. The molecule has 1 amide bonds. The third kappa shape index (κ3) is 4.01. The summed E-state index contributed by atoms with van der Waals surface area (Å²) in [6.45, 7) is 3.46. The van der Waals surface area contributed by atoms with Gasteiger partial charge in [-0.25, -0.2) is 4.98 Å². The fourth-order valence-corrected chi connectivity index (χ4v) is 3.46. The van der Waals surface area contributed by atoms with Crippen molar-refractivity contribution in [1.29, 1.82) is 0 Å². The molecule has 1 unspecified atom stereocenters. The van der Waals surface area contributed by atoms with Crippen LogP contribution >= 0.6 is 0 Å². The lowest BCUT2D eigenvalue weighted by Gasteiger charge is -2.18. The van der Waals surface area contributed by atoms with Crippen LogP contribution in [0.2, 0.25) is 0 Å². The maximum Gasteiger partial charge on any atom is 0.231 e. The molecular formula is C22H23N3O3. The fraction of sp³-hybridized carbons (Fsp3) is 0.273. The number of amides is 1. The van der Waals surface area contributed by atoms with Crippen molar-refractivity contribution in [2.75, 3.05) is 13.3 Å². The van der Waals surface area contributed by atoms with Crippen molar-refractivity contribution >= 4 is 5.91 Å². The molecule has 28 heavy (non-hydrogen) atoms. The van der Waals surface area contributed by atoms with Crippen molar-refractivity contribution < 1.29 is 14.3 Å². The molecule has 144 valence electrons. The van der Waals surface area contributed by atoms with Gasteiger partial charge in [-0.3, -0.25) is 4.79 Å². The number of nitrogens with zero attached hydrogens (tertiary/aromatic N) is 2. The van der Waals surface area contributed by atoms with E-state index in [-0.39, 0.29) is 18.6 Å². The van der Waals surface area contributed by atoms with Crippen LogP contribution in [0.15, 0.2) is 60.9 Å². The maximum atomic E-state index is 12.7. The lowest BCUT2D eigenvalue weighted by molar-refractivity contribution is -0.121. The first-order valence-corrected chi connectivity index (χ1v) is 9.39. The summed E-state index contributed by atoms with van der Waals surface area (Å²) in [6, 6.07) is 16.0. The molecule has 1 aromatic heterocycles. The van der Waals surface area contributed by atoms with E-state index in [1.807, 2.05) is 54.1 Å². The number of benzene rings is 2. The molecule has 0 spiro atoms. The Labute approximate surface area is 164 Å². The van der Waals surface area contributed by atoms with Gasteiger partial charge in [0.1, 0.15) is 5.82 Å². The fourth-order valence-electron chi connectivity index (χ4n) is 3.46. The van der Waals surface area contributed by atoms with Crippen LogP contribution in [0.4, 0.5) is 0 Å². The SMILES string of the molecule is Cc1nccn1CCNC(=O)CC(c1ccccc1)c1ccc2c(c1)OCO2. The third-order valence-corrected chi connectivity index (χ3v) is 4.99. The van der Waals surface area contributed by atoms with Crippen LogP contribution in [-0.4, -0.2) is 28.8 Å². The third-order valence-electron chi connectivity index (χ3n) is 4.99. The van der Waals surface area contributed by atoms with Crippen molar-refractivity contribution in [3.63, 3.8) is 0 Å². The summed E-state index contributed by atoms with van der Waals surface area (Å²) < 4.78 is 12.9. The van der Waals surface area contributed by atoms with Crippen molar-refractivity contribution in [2.24, 2.45) is 0 Å². The van der Waals surface area contributed by atoms with Gasteiger partial charge in [-0.05, 0) is 30.2 Å². The Kier molecular flexibility index (Phi) is 5.28. The number of rotatable bonds is 7. The normalized spacial score (nSPS) is 13.3. The summed E-state index contributed by atoms with van der Waals surface area (Å²) in [5.74, 6) is 2.39.